The average molecular weight is 220 g/mol. The van der Waals surface area contributed by atoms with Gasteiger partial charge in [-0.1, -0.05) is 5.16 Å². The van der Waals surface area contributed by atoms with E-state index in [4.69, 9.17) is 4.84 Å². The molecule has 0 radical (unpaired) electrons. The standard InChI is InChI=1S/C8H16N2O3S/c1-2-9-13-6-3-10-4-7-14(11,12)8-5-10/h2H,3-8H2,1H3. The zero-order chi connectivity index (χ0) is 10.4. The Hall–Kier alpha value is -0.620. The van der Waals surface area contributed by atoms with Crippen LogP contribution in [0.2, 0.25) is 0 Å². The summed E-state index contributed by atoms with van der Waals surface area (Å²) in [6.07, 6.45) is 1.58. The largest absolute Gasteiger partial charge is 0.395 e. The van der Waals surface area contributed by atoms with Crippen molar-refractivity contribution in [1.29, 1.82) is 0 Å². The highest BCUT2D eigenvalue weighted by Crippen LogP contribution is 2.02. The van der Waals surface area contributed by atoms with Crippen LogP contribution in [0, 0.1) is 0 Å². The Morgan fingerprint density at radius 2 is 2.07 bits per heavy atom. The molecule has 1 aliphatic heterocycles. The summed E-state index contributed by atoms with van der Waals surface area (Å²) in [6.45, 7) is 4.27. The first kappa shape index (κ1) is 11.5. The zero-order valence-electron chi connectivity index (χ0n) is 8.35. The molecule has 14 heavy (non-hydrogen) atoms. The molecule has 1 saturated heterocycles. The second-order valence-electron chi connectivity index (χ2n) is 3.19. The lowest BCUT2D eigenvalue weighted by molar-refractivity contribution is 0.114. The van der Waals surface area contributed by atoms with Gasteiger partial charge in [0.25, 0.3) is 0 Å². The summed E-state index contributed by atoms with van der Waals surface area (Å²) in [6, 6.07) is 0. The maximum Gasteiger partial charge on any atom is 0.152 e. The van der Waals surface area contributed by atoms with Gasteiger partial charge in [-0.2, -0.15) is 0 Å². The van der Waals surface area contributed by atoms with Gasteiger partial charge < -0.3 is 4.84 Å². The van der Waals surface area contributed by atoms with E-state index in [1.807, 2.05) is 0 Å². The molecule has 0 bridgehead atoms. The molecule has 0 aliphatic carbocycles. The van der Waals surface area contributed by atoms with Crippen LogP contribution in [0.1, 0.15) is 6.92 Å². The van der Waals surface area contributed by atoms with Crippen molar-refractivity contribution in [1.82, 2.24) is 4.90 Å². The Bertz CT molecular complexity index is 273. The smallest absolute Gasteiger partial charge is 0.152 e. The number of hydrogen-bond donors (Lipinski definition) is 0. The van der Waals surface area contributed by atoms with Gasteiger partial charge in [-0.25, -0.2) is 8.42 Å². The molecular weight excluding hydrogens is 204 g/mol. The number of rotatable bonds is 4. The Morgan fingerprint density at radius 3 is 2.64 bits per heavy atom. The molecule has 0 spiro atoms. The third kappa shape index (κ3) is 4.06. The molecule has 0 unspecified atom stereocenters. The molecule has 0 aromatic carbocycles. The summed E-state index contributed by atoms with van der Waals surface area (Å²) >= 11 is 0. The van der Waals surface area contributed by atoms with Gasteiger partial charge in [-0.05, 0) is 6.92 Å². The molecule has 1 fully saturated rings. The van der Waals surface area contributed by atoms with Crippen molar-refractivity contribution < 1.29 is 13.3 Å². The first-order valence-electron chi connectivity index (χ1n) is 4.67. The van der Waals surface area contributed by atoms with Crippen LogP contribution in [0.5, 0.6) is 0 Å². The third-order valence-electron chi connectivity index (χ3n) is 2.12. The maximum atomic E-state index is 11.1. The van der Waals surface area contributed by atoms with Crippen LogP contribution in [0.25, 0.3) is 0 Å². The van der Waals surface area contributed by atoms with Crippen LogP contribution >= 0.6 is 0 Å². The molecule has 0 aromatic rings. The summed E-state index contributed by atoms with van der Waals surface area (Å²) in [7, 11) is -2.76. The van der Waals surface area contributed by atoms with Crippen molar-refractivity contribution in [3.05, 3.63) is 0 Å². The van der Waals surface area contributed by atoms with Crippen LogP contribution in [0.4, 0.5) is 0 Å². The Kier molecular flexibility index (Phi) is 4.34. The molecule has 82 valence electrons. The summed E-state index contributed by atoms with van der Waals surface area (Å²) in [5.41, 5.74) is 0. The Labute approximate surface area is 84.6 Å². The predicted octanol–water partition coefficient (Wildman–Crippen LogP) is -0.261. The number of oxime groups is 1. The maximum absolute atomic E-state index is 11.1. The van der Waals surface area contributed by atoms with Crippen molar-refractivity contribution >= 4 is 16.1 Å². The Balaban J connectivity index is 2.16. The molecule has 5 nitrogen and oxygen atoms in total. The van der Waals surface area contributed by atoms with E-state index in [1.165, 1.54) is 0 Å². The van der Waals surface area contributed by atoms with Crippen molar-refractivity contribution in [2.75, 3.05) is 37.7 Å². The van der Waals surface area contributed by atoms with Crippen LogP contribution in [-0.2, 0) is 14.7 Å². The molecular formula is C8H16N2O3S. The van der Waals surface area contributed by atoms with Crippen LogP contribution in [-0.4, -0.2) is 57.3 Å². The van der Waals surface area contributed by atoms with Crippen molar-refractivity contribution in [2.24, 2.45) is 5.16 Å². The quantitative estimate of drug-likeness (QED) is 0.372. The van der Waals surface area contributed by atoms with Crippen LogP contribution < -0.4 is 0 Å². The highest BCUT2D eigenvalue weighted by Gasteiger charge is 2.20. The van der Waals surface area contributed by atoms with Crippen molar-refractivity contribution in [3.63, 3.8) is 0 Å². The molecule has 1 heterocycles. The molecule has 1 aliphatic rings. The van der Waals surface area contributed by atoms with E-state index in [-0.39, 0.29) is 11.5 Å². The van der Waals surface area contributed by atoms with E-state index in [9.17, 15) is 8.42 Å². The van der Waals surface area contributed by atoms with E-state index in [0.717, 1.165) is 6.54 Å². The molecule has 0 aromatic heterocycles. The minimum absolute atomic E-state index is 0.268. The van der Waals surface area contributed by atoms with Gasteiger partial charge in [0.15, 0.2) is 9.84 Å². The fourth-order valence-electron chi connectivity index (χ4n) is 1.27. The highest BCUT2D eigenvalue weighted by atomic mass is 32.2. The van der Waals surface area contributed by atoms with Gasteiger partial charge >= 0.3 is 0 Å². The summed E-state index contributed by atoms with van der Waals surface area (Å²) in [5, 5.41) is 3.61. The average Bonchev–Trinajstić information content (AvgIpc) is 2.15. The van der Waals surface area contributed by atoms with E-state index < -0.39 is 9.84 Å². The lowest BCUT2D eigenvalue weighted by Crippen LogP contribution is -2.41. The summed E-state index contributed by atoms with van der Waals surface area (Å²) in [4.78, 5) is 6.99. The lowest BCUT2D eigenvalue weighted by atomic mass is 10.5. The Morgan fingerprint density at radius 1 is 1.43 bits per heavy atom. The van der Waals surface area contributed by atoms with Crippen molar-refractivity contribution in [2.45, 2.75) is 6.92 Å². The number of hydrogen-bond acceptors (Lipinski definition) is 5. The van der Waals surface area contributed by atoms with Crippen molar-refractivity contribution in [3.8, 4) is 0 Å². The predicted molar refractivity (Wildman–Crippen MR) is 55.2 cm³/mol. The van der Waals surface area contributed by atoms with Gasteiger partial charge in [-0.3, -0.25) is 4.90 Å². The van der Waals surface area contributed by atoms with E-state index in [0.29, 0.717) is 19.7 Å². The van der Waals surface area contributed by atoms with Crippen LogP contribution in [0.15, 0.2) is 5.16 Å². The fourth-order valence-corrected chi connectivity index (χ4v) is 2.55. The molecule has 6 heteroatoms. The van der Waals surface area contributed by atoms with Gasteiger partial charge in [0.2, 0.25) is 0 Å². The SMILES string of the molecule is CC=NOCCN1CCS(=O)(=O)CC1. The van der Waals surface area contributed by atoms with Crippen LogP contribution in [0.3, 0.4) is 0 Å². The minimum atomic E-state index is -2.76. The van der Waals surface area contributed by atoms with Gasteiger partial charge in [0.1, 0.15) is 6.61 Å². The molecule has 0 N–H and O–H groups in total. The normalized spacial score (nSPS) is 22.6. The van der Waals surface area contributed by atoms with Gasteiger partial charge in [-0.15, -0.1) is 0 Å². The number of nitrogens with zero attached hydrogens (tertiary/aromatic N) is 2. The number of sulfone groups is 1. The second kappa shape index (κ2) is 5.31. The topological polar surface area (TPSA) is 59.0 Å². The molecule has 0 saturated carbocycles. The van der Waals surface area contributed by atoms with Gasteiger partial charge in [0.05, 0.1) is 11.5 Å². The van der Waals surface area contributed by atoms with E-state index in [2.05, 4.69) is 10.1 Å². The zero-order valence-corrected chi connectivity index (χ0v) is 9.16. The molecule has 0 atom stereocenters. The summed E-state index contributed by atoms with van der Waals surface area (Å²) in [5.74, 6) is 0.536. The van der Waals surface area contributed by atoms with E-state index in [1.54, 1.807) is 13.1 Å². The monoisotopic (exact) mass is 220 g/mol. The highest BCUT2D eigenvalue weighted by molar-refractivity contribution is 7.91. The van der Waals surface area contributed by atoms with E-state index >= 15 is 0 Å². The first-order chi connectivity index (χ1) is 6.64. The van der Waals surface area contributed by atoms with Gasteiger partial charge in [0, 0.05) is 25.8 Å². The summed E-state index contributed by atoms with van der Waals surface area (Å²) < 4.78 is 22.2. The second-order valence-corrected chi connectivity index (χ2v) is 5.49. The third-order valence-corrected chi connectivity index (χ3v) is 3.72. The first-order valence-corrected chi connectivity index (χ1v) is 6.49. The lowest BCUT2D eigenvalue weighted by Gasteiger charge is -2.25. The fraction of sp³-hybridized carbons (Fsp3) is 0.875. The molecule has 0 amide bonds. The molecule has 1 rings (SSSR count). The minimum Gasteiger partial charge on any atom is -0.395 e.